The van der Waals surface area contributed by atoms with Crippen molar-refractivity contribution in [2.75, 3.05) is 0 Å². The van der Waals surface area contributed by atoms with E-state index in [0.29, 0.717) is 0 Å². The minimum absolute atomic E-state index is 0. The molecule has 0 atom stereocenters. The van der Waals surface area contributed by atoms with Crippen LogP contribution >= 0.6 is 0 Å². The molecule has 4 heteroatoms. The molecule has 2 N–H and O–H groups in total. The van der Waals surface area contributed by atoms with Gasteiger partial charge in [-0.3, -0.25) is 0 Å². The molecule has 1 nitrogen and oxygen atoms in total. The Hall–Kier alpha value is 1.64. The molecule has 4 heavy (non-hydrogen) atoms. The molecule has 0 saturated carbocycles. The van der Waals surface area contributed by atoms with Crippen molar-refractivity contribution >= 4 is 11.0 Å². The first-order valence-corrected chi connectivity index (χ1v) is 0. The van der Waals surface area contributed by atoms with E-state index in [1.54, 1.807) is 0 Å². The van der Waals surface area contributed by atoms with E-state index >= 15 is 0 Å². The van der Waals surface area contributed by atoms with Crippen molar-refractivity contribution in [3.63, 3.8) is 0 Å². The van der Waals surface area contributed by atoms with Gasteiger partial charge in [-0.2, -0.15) is 0 Å². The molecule has 0 saturated heterocycles. The van der Waals surface area contributed by atoms with Gasteiger partial charge in [0.1, 0.15) is 0 Å². The van der Waals surface area contributed by atoms with Gasteiger partial charge in [-0.15, -0.1) is 0 Å². The van der Waals surface area contributed by atoms with E-state index in [4.69, 9.17) is 0 Å². The molecule has 0 unspecified atom stereocenters. The van der Waals surface area contributed by atoms with Gasteiger partial charge in [0.05, 0.1) is 0 Å². The van der Waals surface area contributed by atoms with Gasteiger partial charge in [0, 0.05) is 55.7 Å². The van der Waals surface area contributed by atoms with Crippen LogP contribution in [0.3, 0.4) is 0 Å². The third-order valence-electron chi connectivity index (χ3n) is 0. The first kappa shape index (κ1) is 45.0. The Labute approximate surface area is 60.9 Å². The molecular weight excluding hydrogens is 186 g/mol. The fourth-order valence-electron chi connectivity index (χ4n) is 0. The van der Waals surface area contributed by atoms with Crippen LogP contribution in [0.2, 0.25) is 0 Å². The fraction of sp³-hybridized carbons (Fsp3) is 0. The Morgan fingerprint density at radius 2 is 1.00 bits per heavy atom. The zero-order chi connectivity index (χ0) is 0. The van der Waals surface area contributed by atoms with Crippen molar-refractivity contribution in [2.24, 2.45) is 0 Å². The Morgan fingerprint density at radius 3 is 1.00 bits per heavy atom. The van der Waals surface area contributed by atoms with Crippen LogP contribution in [0.25, 0.3) is 0 Å². The van der Waals surface area contributed by atoms with E-state index in [0.717, 1.165) is 0 Å². The second-order valence-corrected chi connectivity index (χ2v) is 0. The van der Waals surface area contributed by atoms with Crippen LogP contribution in [-0.2, 0) is 44.8 Å². The predicted molar refractivity (Wildman–Crippen MR) is 9.37 cm³/mol. The SMILES string of the molecule is O.[Si].[V].[Zr]. The molecule has 0 aliphatic heterocycles. The molecule has 0 spiro atoms. The molecular formula is H2OSiVZr. The summed E-state index contributed by atoms with van der Waals surface area (Å²) < 4.78 is 0. The van der Waals surface area contributed by atoms with E-state index in [-0.39, 0.29) is 61.2 Å². The van der Waals surface area contributed by atoms with Gasteiger partial charge < -0.3 is 5.48 Å². The summed E-state index contributed by atoms with van der Waals surface area (Å²) in [6, 6.07) is 0. The van der Waals surface area contributed by atoms with Crippen molar-refractivity contribution in [2.45, 2.75) is 0 Å². The van der Waals surface area contributed by atoms with Crippen LogP contribution in [0.5, 0.6) is 0 Å². The fourth-order valence-corrected chi connectivity index (χ4v) is 0. The van der Waals surface area contributed by atoms with Crippen molar-refractivity contribution in [3.8, 4) is 0 Å². The van der Waals surface area contributed by atoms with E-state index in [1.165, 1.54) is 0 Å². The molecule has 0 aliphatic rings. The van der Waals surface area contributed by atoms with Crippen LogP contribution in [-0.4, -0.2) is 16.4 Å². The van der Waals surface area contributed by atoms with Crippen molar-refractivity contribution in [3.05, 3.63) is 0 Å². The van der Waals surface area contributed by atoms with Gasteiger partial charge in [-0.25, -0.2) is 0 Å². The van der Waals surface area contributed by atoms with Crippen molar-refractivity contribution < 1.29 is 50.2 Å². The Morgan fingerprint density at radius 1 is 1.00 bits per heavy atom. The van der Waals surface area contributed by atoms with Crippen LogP contribution in [0.4, 0.5) is 0 Å². The predicted octanol–water partition coefficient (Wildman–Crippen LogP) is -1.21. The maximum Gasteiger partial charge on any atom is 0 e. The zero-order valence-corrected chi connectivity index (χ0v) is 6.80. The topological polar surface area (TPSA) is 31.5 Å². The summed E-state index contributed by atoms with van der Waals surface area (Å²) >= 11 is 0. The van der Waals surface area contributed by atoms with E-state index in [9.17, 15) is 0 Å². The summed E-state index contributed by atoms with van der Waals surface area (Å²) in [4.78, 5) is 0. The van der Waals surface area contributed by atoms with Crippen LogP contribution in [0, 0.1) is 0 Å². The minimum atomic E-state index is 0. The number of hydrogen-bond donors (Lipinski definition) is 0. The van der Waals surface area contributed by atoms with Gasteiger partial charge in [-0.1, -0.05) is 0 Å². The smallest absolute Gasteiger partial charge is 0 e. The van der Waals surface area contributed by atoms with Crippen LogP contribution in [0.15, 0.2) is 0 Å². The molecule has 0 aromatic heterocycles. The quantitative estimate of drug-likeness (QED) is 0.427. The van der Waals surface area contributed by atoms with Crippen molar-refractivity contribution in [1.82, 2.24) is 0 Å². The summed E-state index contributed by atoms with van der Waals surface area (Å²) in [5, 5.41) is 0. The second kappa shape index (κ2) is 22.8. The largest absolute Gasteiger partial charge is 0.412 e. The molecule has 0 amide bonds. The van der Waals surface area contributed by atoms with Gasteiger partial charge in [0.2, 0.25) is 0 Å². The molecule has 0 fully saturated rings. The molecule has 0 aromatic rings. The summed E-state index contributed by atoms with van der Waals surface area (Å²) in [7, 11) is 0. The Bertz CT molecular complexity index is 8.00. The zero-order valence-electron chi connectivity index (χ0n) is 1.95. The first-order chi connectivity index (χ1) is 0. The molecule has 0 bridgehead atoms. The molecule has 0 rings (SSSR count). The standard InChI is InChI=1S/H2O.Si.V.Zr/h1H2;;;. The molecule has 0 aliphatic carbocycles. The second-order valence-electron chi connectivity index (χ2n) is 0. The summed E-state index contributed by atoms with van der Waals surface area (Å²) in [5.74, 6) is 0. The number of hydrogen-bond acceptors (Lipinski definition) is 0. The summed E-state index contributed by atoms with van der Waals surface area (Å²) in [6.07, 6.45) is 0. The first-order valence-electron chi connectivity index (χ1n) is 0. The van der Waals surface area contributed by atoms with E-state index in [1.807, 2.05) is 0 Å². The van der Waals surface area contributed by atoms with Crippen molar-refractivity contribution in [1.29, 1.82) is 0 Å². The van der Waals surface area contributed by atoms with Crippen LogP contribution in [0.1, 0.15) is 0 Å². The van der Waals surface area contributed by atoms with Gasteiger partial charge in [0.15, 0.2) is 0 Å². The van der Waals surface area contributed by atoms with Gasteiger partial charge >= 0.3 is 0 Å². The van der Waals surface area contributed by atoms with Gasteiger partial charge in [-0.05, 0) is 0 Å². The van der Waals surface area contributed by atoms with E-state index < -0.39 is 0 Å². The summed E-state index contributed by atoms with van der Waals surface area (Å²) in [6.45, 7) is 0. The molecule has 5 radical (unpaired) electrons. The third kappa shape index (κ3) is 9.42. The molecule has 0 heterocycles. The molecule has 21 valence electrons. The summed E-state index contributed by atoms with van der Waals surface area (Å²) in [5.41, 5.74) is 0. The average Bonchev–Trinajstić information content (AvgIpc) is 0. The maximum atomic E-state index is 0. The number of rotatable bonds is 0. The van der Waals surface area contributed by atoms with E-state index in [2.05, 4.69) is 0 Å². The Balaban J connectivity index is 0. The van der Waals surface area contributed by atoms with Gasteiger partial charge in [0.25, 0.3) is 0 Å². The average molecular weight is 188 g/mol. The maximum absolute atomic E-state index is 0. The molecule has 0 aromatic carbocycles. The monoisotopic (exact) mass is 187 g/mol. The minimum Gasteiger partial charge on any atom is -0.412 e. The normalized spacial score (nSPS) is 0. The Kier molecular flexibility index (Phi) is 257. The third-order valence-corrected chi connectivity index (χ3v) is 0. The van der Waals surface area contributed by atoms with Crippen LogP contribution < -0.4 is 0 Å².